The Labute approximate surface area is 113 Å². The second-order valence-electron chi connectivity index (χ2n) is 4.25. The lowest BCUT2D eigenvalue weighted by atomic mass is 10.0. The van der Waals surface area contributed by atoms with E-state index in [-0.39, 0.29) is 0 Å². The summed E-state index contributed by atoms with van der Waals surface area (Å²) in [6.07, 6.45) is 7.25. The van der Waals surface area contributed by atoms with Crippen molar-refractivity contribution in [1.29, 1.82) is 0 Å². The monoisotopic (exact) mass is 270 g/mol. The van der Waals surface area contributed by atoms with Gasteiger partial charge < -0.3 is 5.32 Å². The molecule has 19 heavy (non-hydrogen) atoms. The molecule has 3 aromatic heterocycles. The third-order valence-corrected chi connectivity index (χ3v) is 4.09. The number of hydrogen-bond donors (Lipinski definition) is 2. The fourth-order valence-corrected chi connectivity index (χ4v) is 3.16. The molecule has 0 radical (unpaired) electrons. The zero-order valence-electron chi connectivity index (χ0n) is 9.92. The number of H-pyrrole nitrogens is 1. The number of anilines is 2. The van der Waals surface area contributed by atoms with E-state index in [4.69, 9.17) is 0 Å². The molecular formula is C12H10N6S. The predicted octanol–water partition coefficient (Wildman–Crippen LogP) is 2.17. The lowest BCUT2D eigenvalue weighted by molar-refractivity contribution is 0.890. The van der Waals surface area contributed by atoms with Gasteiger partial charge in [-0.2, -0.15) is 5.10 Å². The highest BCUT2D eigenvalue weighted by molar-refractivity contribution is 7.16. The summed E-state index contributed by atoms with van der Waals surface area (Å²) in [5, 5.41) is 11.1. The first kappa shape index (κ1) is 10.6. The van der Waals surface area contributed by atoms with E-state index in [9.17, 15) is 0 Å². The molecule has 0 spiro atoms. The van der Waals surface area contributed by atoms with Crippen molar-refractivity contribution in [2.75, 3.05) is 5.32 Å². The molecule has 0 saturated carbocycles. The van der Waals surface area contributed by atoms with Gasteiger partial charge in [-0.15, -0.1) is 11.3 Å². The summed E-state index contributed by atoms with van der Waals surface area (Å²) >= 11 is 1.65. The number of aromatic nitrogens is 5. The van der Waals surface area contributed by atoms with Crippen molar-refractivity contribution in [3.8, 4) is 11.3 Å². The van der Waals surface area contributed by atoms with E-state index >= 15 is 0 Å². The quantitative estimate of drug-likeness (QED) is 0.746. The van der Waals surface area contributed by atoms with Crippen LogP contribution in [0, 0.1) is 0 Å². The fraction of sp³-hybridized carbons (Fsp3) is 0.167. The molecule has 2 N–H and O–H groups in total. The molecule has 3 heterocycles. The van der Waals surface area contributed by atoms with E-state index in [1.54, 1.807) is 29.8 Å². The molecule has 3 aromatic rings. The number of fused-ring (bicyclic) bond motifs is 3. The third kappa shape index (κ3) is 1.78. The first-order valence-corrected chi connectivity index (χ1v) is 6.78. The van der Waals surface area contributed by atoms with Crippen molar-refractivity contribution in [2.45, 2.75) is 12.8 Å². The SMILES string of the molecule is c1cnc(Nc2nc3c(s2)CCc2[nH]ncc2-3)nc1. The Morgan fingerprint density at radius 2 is 2.11 bits per heavy atom. The van der Waals surface area contributed by atoms with E-state index in [1.807, 2.05) is 6.20 Å². The summed E-state index contributed by atoms with van der Waals surface area (Å²) in [6, 6.07) is 1.79. The number of nitrogens with one attached hydrogen (secondary N) is 2. The van der Waals surface area contributed by atoms with E-state index < -0.39 is 0 Å². The zero-order valence-corrected chi connectivity index (χ0v) is 10.7. The summed E-state index contributed by atoms with van der Waals surface area (Å²) < 4.78 is 0. The molecule has 7 heteroatoms. The molecule has 4 rings (SSSR count). The standard InChI is InChI=1S/C12H10N6S/c1-4-13-11(14-5-1)17-12-16-10-7-6-15-18-8(7)2-3-9(10)19-12/h1,4-6H,2-3H2,(H,15,18)(H,13,14,16,17). The molecule has 0 unspecified atom stereocenters. The molecule has 0 saturated heterocycles. The van der Waals surface area contributed by atoms with Gasteiger partial charge in [-0.1, -0.05) is 0 Å². The van der Waals surface area contributed by atoms with Gasteiger partial charge in [0, 0.05) is 28.5 Å². The van der Waals surface area contributed by atoms with Gasteiger partial charge in [0.05, 0.1) is 11.9 Å². The highest BCUT2D eigenvalue weighted by Crippen LogP contribution is 2.37. The van der Waals surface area contributed by atoms with Gasteiger partial charge in [-0.05, 0) is 18.9 Å². The maximum Gasteiger partial charge on any atom is 0.228 e. The molecular weight excluding hydrogens is 260 g/mol. The lowest BCUT2D eigenvalue weighted by Crippen LogP contribution is -2.00. The van der Waals surface area contributed by atoms with Crippen LogP contribution in [0.4, 0.5) is 11.1 Å². The largest absolute Gasteiger partial charge is 0.300 e. The number of rotatable bonds is 2. The number of nitrogens with zero attached hydrogens (tertiary/aromatic N) is 4. The van der Waals surface area contributed by atoms with Crippen LogP contribution in [0.2, 0.25) is 0 Å². The minimum Gasteiger partial charge on any atom is -0.300 e. The lowest BCUT2D eigenvalue weighted by Gasteiger charge is -2.08. The second-order valence-corrected chi connectivity index (χ2v) is 5.33. The number of aryl methyl sites for hydroxylation is 2. The highest BCUT2D eigenvalue weighted by Gasteiger charge is 2.22. The van der Waals surface area contributed by atoms with Gasteiger partial charge in [0.15, 0.2) is 5.13 Å². The van der Waals surface area contributed by atoms with E-state index in [1.165, 1.54) is 10.6 Å². The molecule has 1 aliphatic carbocycles. The minimum atomic E-state index is 0.570. The molecule has 0 amide bonds. The van der Waals surface area contributed by atoms with Crippen molar-refractivity contribution in [3.05, 3.63) is 35.2 Å². The van der Waals surface area contributed by atoms with Gasteiger partial charge in [0.1, 0.15) is 0 Å². The smallest absolute Gasteiger partial charge is 0.228 e. The van der Waals surface area contributed by atoms with Crippen molar-refractivity contribution in [2.24, 2.45) is 0 Å². The van der Waals surface area contributed by atoms with Crippen LogP contribution in [0.5, 0.6) is 0 Å². The highest BCUT2D eigenvalue weighted by atomic mass is 32.1. The van der Waals surface area contributed by atoms with E-state index in [2.05, 4.69) is 30.5 Å². The summed E-state index contributed by atoms with van der Waals surface area (Å²) in [6.45, 7) is 0. The van der Waals surface area contributed by atoms with Gasteiger partial charge in [0.25, 0.3) is 0 Å². The van der Waals surface area contributed by atoms with Crippen molar-refractivity contribution >= 4 is 22.4 Å². The molecule has 94 valence electrons. The number of hydrogen-bond acceptors (Lipinski definition) is 6. The summed E-state index contributed by atoms with van der Waals surface area (Å²) in [4.78, 5) is 14.2. The maximum atomic E-state index is 4.63. The topological polar surface area (TPSA) is 79.4 Å². The molecule has 0 aliphatic heterocycles. The first-order valence-electron chi connectivity index (χ1n) is 5.96. The Hall–Kier alpha value is -2.28. The van der Waals surface area contributed by atoms with Crippen molar-refractivity contribution in [3.63, 3.8) is 0 Å². The van der Waals surface area contributed by atoms with Crippen LogP contribution in [-0.2, 0) is 12.8 Å². The van der Waals surface area contributed by atoms with Crippen LogP contribution in [0.15, 0.2) is 24.7 Å². The van der Waals surface area contributed by atoms with Gasteiger partial charge in [-0.25, -0.2) is 15.0 Å². The van der Waals surface area contributed by atoms with E-state index in [0.717, 1.165) is 29.2 Å². The van der Waals surface area contributed by atoms with Crippen LogP contribution in [0.1, 0.15) is 10.6 Å². The summed E-state index contributed by atoms with van der Waals surface area (Å²) in [5.74, 6) is 0.570. The molecule has 6 nitrogen and oxygen atoms in total. The Morgan fingerprint density at radius 3 is 3.00 bits per heavy atom. The van der Waals surface area contributed by atoms with Gasteiger partial charge in [0.2, 0.25) is 5.95 Å². The summed E-state index contributed by atoms with van der Waals surface area (Å²) in [7, 11) is 0. The Kier molecular flexibility index (Phi) is 2.31. The van der Waals surface area contributed by atoms with Crippen LogP contribution in [0.3, 0.4) is 0 Å². The van der Waals surface area contributed by atoms with Gasteiger partial charge in [-0.3, -0.25) is 5.10 Å². The molecule has 0 aromatic carbocycles. The zero-order chi connectivity index (χ0) is 12.7. The molecule has 0 fully saturated rings. The molecule has 0 atom stereocenters. The Bertz CT molecular complexity index is 717. The maximum absolute atomic E-state index is 4.63. The number of thiazole rings is 1. The Balaban J connectivity index is 1.71. The van der Waals surface area contributed by atoms with Gasteiger partial charge >= 0.3 is 0 Å². The molecule has 1 aliphatic rings. The predicted molar refractivity (Wildman–Crippen MR) is 72.4 cm³/mol. The number of aromatic amines is 1. The minimum absolute atomic E-state index is 0.570. The van der Waals surface area contributed by atoms with Crippen molar-refractivity contribution in [1.82, 2.24) is 25.1 Å². The normalized spacial score (nSPS) is 12.8. The third-order valence-electron chi connectivity index (χ3n) is 3.06. The van der Waals surface area contributed by atoms with E-state index in [0.29, 0.717) is 5.95 Å². The Morgan fingerprint density at radius 1 is 1.21 bits per heavy atom. The first-order chi connectivity index (χ1) is 9.40. The van der Waals surface area contributed by atoms with Crippen LogP contribution < -0.4 is 5.32 Å². The van der Waals surface area contributed by atoms with Crippen LogP contribution >= 0.6 is 11.3 Å². The van der Waals surface area contributed by atoms with Crippen LogP contribution in [0.25, 0.3) is 11.3 Å². The molecule has 0 bridgehead atoms. The summed E-state index contributed by atoms with van der Waals surface area (Å²) in [5.41, 5.74) is 3.30. The van der Waals surface area contributed by atoms with Crippen molar-refractivity contribution < 1.29 is 0 Å². The average molecular weight is 270 g/mol. The van der Waals surface area contributed by atoms with Crippen LogP contribution in [-0.4, -0.2) is 25.1 Å². The second kappa shape index (κ2) is 4.13. The fourth-order valence-electron chi connectivity index (χ4n) is 2.19. The average Bonchev–Trinajstić information content (AvgIpc) is 3.04.